The fourth-order valence-corrected chi connectivity index (χ4v) is 3.50. The minimum Gasteiger partial charge on any atom is -0.392 e. The quantitative estimate of drug-likeness (QED) is 0.464. The predicted octanol–water partition coefficient (Wildman–Crippen LogP) is 3.32. The third-order valence-electron chi connectivity index (χ3n) is 4.74. The van der Waals surface area contributed by atoms with Crippen LogP contribution in [0.2, 0.25) is 5.02 Å². The molecule has 30 heavy (non-hydrogen) atoms. The molecule has 8 nitrogen and oxygen atoms in total. The normalized spacial score (nSPS) is 11.3. The zero-order valence-electron chi connectivity index (χ0n) is 15.5. The van der Waals surface area contributed by atoms with Crippen molar-refractivity contribution in [2.75, 3.05) is 5.32 Å². The number of rotatable bonds is 4. The number of imidazole rings is 1. The third-order valence-corrected chi connectivity index (χ3v) is 5.06. The molecule has 0 aliphatic rings. The van der Waals surface area contributed by atoms with Gasteiger partial charge >= 0.3 is 0 Å². The molecule has 9 heteroatoms. The Kier molecular flexibility index (Phi) is 4.42. The van der Waals surface area contributed by atoms with Crippen molar-refractivity contribution in [2.24, 2.45) is 0 Å². The molecule has 3 heterocycles. The molecule has 0 radical (unpaired) electrons. The maximum Gasteiger partial charge on any atom is 0.270 e. The lowest BCUT2D eigenvalue weighted by Crippen LogP contribution is -2.22. The number of nitrogens with one attached hydrogen (secondary N) is 1. The van der Waals surface area contributed by atoms with Gasteiger partial charge in [-0.25, -0.2) is 14.5 Å². The molecule has 0 aliphatic heterocycles. The first-order valence-corrected chi connectivity index (χ1v) is 9.50. The van der Waals surface area contributed by atoms with E-state index in [1.54, 1.807) is 47.1 Å². The van der Waals surface area contributed by atoms with E-state index in [0.29, 0.717) is 33.5 Å². The molecule has 0 spiro atoms. The number of para-hydroxylation sites is 1. The van der Waals surface area contributed by atoms with Crippen molar-refractivity contribution < 1.29 is 5.11 Å². The van der Waals surface area contributed by atoms with Gasteiger partial charge in [-0.3, -0.25) is 9.20 Å². The zero-order chi connectivity index (χ0) is 20.7. The van der Waals surface area contributed by atoms with Gasteiger partial charge in [0.15, 0.2) is 5.65 Å². The molecule has 0 aliphatic carbocycles. The van der Waals surface area contributed by atoms with E-state index in [2.05, 4.69) is 20.3 Å². The summed E-state index contributed by atoms with van der Waals surface area (Å²) in [6, 6.07) is 14.3. The second-order valence-electron chi connectivity index (χ2n) is 6.60. The van der Waals surface area contributed by atoms with Crippen LogP contribution in [-0.4, -0.2) is 29.0 Å². The van der Waals surface area contributed by atoms with Gasteiger partial charge in [-0.1, -0.05) is 35.9 Å². The van der Waals surface area contributed by atoms with Crippen LogP contribution in [-0.2, 0) is 6.61 Å². The number of hydrogen-bond acceptors (Lipinski definition) is 6. The number of nitrogens with zero attached hydrogens (tertiary/aromatic N) is 5. The molecule has 5 rings (SSSR count). The van der Waals surface area contributed by atoms with Crippen molar-refractivity contribution in [3.8, 4) is 5.69 Å². The highest BCUT2D eigenvalue weighted by molar-refractivity contribution is 6.32. The number of aromatic nitrogens is 5. The number of halogens is 1. The van der Waals surface area contributed by atoms with Gasteiger partial charge in [-0.15, -0.1) is 0 Å². The minimum absolute atomic E-state index is 0.0247. The van der Waals surface area contributed by atoms with E-state index in [4.69, 9.17) is 11.6 Å². The fraction of sp³-hybridized carbons (Fsp3) is 0.0476. The van der Waals surface area contributed by atoms with Crippen LogP contribution in [0.4, 0.5) is 11.6 Å². The van der Waals surface area contributed by atoms with Gasteiger partial charge in [0, 0.05) is 24.3 Å². The lowest BCUT2D eigenvalue weighted by atomic mass is 10.2. The highest BCUT2D eigenvalue weighted by atomic mass is 35.5. The largest absolute Gasteiger partial charge is 0.392 e. The summed E-state index contributed by atoms with van der Waals surface area (Å²) in [5, 5.41) is 13.1. The summed E-state index contributed by atoms with van der Waals surface area (Å²) in [5.41, 5.74) is 2.22. The van der Waals surface area contributed by atoms with Crippen molar-refractivity contribution in [1.29, 1.82) is 0 Å². The Morgan fingerprint density at radius 2 is 1.87 bits per heavy atom. The lowest BCUT2D eigenvalue weighted by Gasteiger charge is -2.12. The van der Waals surface area contributed by atoms with Crippen LogP contribution in [0.3, 0.4) is 0 Å². The Bertz CT molecular complexity index is 1440. The van der Waals surface area contributed by atoms with E-state index < -0.39 is 0 Å². The van der Waals surface area contributed by atoms with Crippen molar-refractivity contribution in [1.82, 2.24) is 23.9 Å². The molecular formula is C21H15ClN6O2. The van der Waals surface area contributed by atoms with Gasteiger partial charge in [0.25, 0.3) is 5.56 Å². The Morgan fingerprint density at radius 1 is 1.07 bits per heavy atom. The number of benzene rings is 2. The zero-order valence-corrected chi connectivity index (χ0v) is 16.3. The predicted molar refractivity (Wildman–Crippen MR) is 115 cm³/mol. The number of aliphatic hydroxyl groups is 1. The van der Waals surface area contributed by atoms with Crippen LogP contribution >= 0.6 is 11.6 Å². The average molecular weight is 419 g/mol. The van der Waals surface area contributed by atoms with Crippen molar-refractivity contribution in [2.45, 2.75) is 6.61 Å². The van der Waals surface area contributed by atoms with Gasteiger partial charge in [0.1, 0.15) is 5.39 Å². The molecular weight excluding hydrogens is 404 g/mol. The number of aliphatic hydroxyl groups excluding tert-OH is 1. The number of fused-ring (bicyclic) bond motifs is 3. The monoisotopic (exact) mass is 418 g/mol. The van der Waals surface area contributed by atoms with Crippen LogP contribution < -0.4 is 10.9 Å². The van der Waals surface area contributed by atoms with E-state index in [9.17, 15) is 9.90 Å². The molecule has 0 fully saturated rings. The van der Waals surface area contributed by atoms with Gasteiger partial charge in [0.2, 0.25) is 11.7 Å². The van der Waals surface area contributed by atoms with E-state index in [-0.39, 0.29) is 12.2 Å². The molecule has 148 valence electrons. The van der Waals surface area contributed by atoms with Crippen molar-refractivity contribution in [3.63, 3.8) is 0 Å². The molecule has 0 unspecified atom stereocenters. The summed E-state index contributed by atoms with van der Waals surface area (Å²) in [4.78, 5) is 26.4. The highest BCUT2D eigenvalue weighted by Gasteiger charge is 2.17. The van der Waals surface area contributed by atoms with Crippen LogP contribution in [0.15, 0.2) is 71.9 Å². The molecule has 2 N–H and O–H groups in total. The second kappa shape index (κ2) is 7.25. The third kappa shape index (κ3) is 2.99. The maximum absolute atomic E-state index is 13.3. The molecule has 0 bridgehead atoms. The first-order valence-electron chi connectivity index (χ1n) is 9.12. The Labute approximate surface area is 175 Å². The van der Waals surface area contributed by atoms with Gasteiger partial charge in [-0.05, 0) is 29.8 Å². The lowest BCUT2D eigenvalue weighted by molar-refractivity contribution is 0.282. The van der Waals surface area contributed by atoms with Crippen LogP contribution in [0.25, 0.3) is 22.5 Å². The van der Waals surface area contributed by atoms with Crippen LogP contribution in [0.5, 0.6) is 0 Å². The number of hydrogen-bond donors (Lipinski definition) is 2. The minimum atomic E-state index is -0.310. The standard InChI is InChI=1S/C21H15ClN6O2/c22-16-3-1-2-4-17(16)28-19(30)15-11-24-20(25-14-7-5-13(12-29)6-8-14)26-18(15)27-10-9-23-21(27)28/h1-11,29H,12H2,(H,24,25,26). The van der Waals surface area contributed by atoms with Gasteiger partial charge < -0.3 is 10.4 Å². The van der Waals surface area contributed by atoms with Crippen LogP contribution in [0.1, 0.15) is 5.56 Å². The van der Waals surface area contributed by atoms with Crippen molar-refractivity contribution >= 4 is 40.0 Å². The maximum atomic E-state index is 13.3. The molecule has 3 aromatic heterocycles. The molecule has 0 saturated carbocycles. The van der Waals surface area contributed by atoms with E-state index >= 15 is 0 Å². The summed E-state index contributed by atoms with van der Waals surface area (Å²) in [6.45, 7) is -0.0247. The fourth-order valence-electron chi connectivity index (χ4n) is 3.28. The summed E-state index contributed by atoms with van der Waals surface area (Å²) in [7, 11) is 0. The first-order chi connectivity index (χ1) is 14.7. The Morgan fingerprint density at radius 3 is 2.63 bits per heavy atom. The van der Waals surface area contributed by atoms with Crippen molar-refractivity contribution in [3.05, 3.63) is 88.1 Å². The van der Waals surface area contributed by atoms with E-state index in [1.165, 1.54) is 10.8 Å². The highest BCUT2D eigenvalue weighted by Crippen LogP contribution is 2.22. The van der Waals surface area contributed by atoms with Crippen LogP contribution in [0, 0.1) is 0 Å². The smallest absolute Gasteiger partial charge is 0.270 e. The molecule has 0 atom stereocenters. The summed E-state index contributed by atoms with van der Waals surface area (Å²) in [6.07, 6.45) is 4.82. The SMILES string of the molecule is O=c1c2cnc(Nc3ccc(CO)cc3)nc2n2ccnc2n1-c1ccccc1Cl. The first kappa shape index (κ1) is 18.3. The van der Waals surface area contributed by atoms with Gasteiger partial charge in [-0.2, -0.15) is 4.98 Å². The number of anilines is 2. The Hall–Kier alpha value is -3.75. The topological polar surface area (TPSA) is 97.3 Å². The average Bonchev–Trinajstić information content (AvgIpc) is 3.25. The summed E-state index contributed by atoms with van der Waals surface area (Å²) < 4.78 is 3.18. The molecule has 0 amide bonds. The Balaban J connectivity index is 1.68. The van der Waals surface area contributed by atoms with Gasteiger partial charge in [0.05, 0.1) is 17.3 Å². The summed E-state index contributed by atoms with van der Waals surface area (Å²) >= 11 is 6.33. The molecule has 2 aromatic carbocycles. The molecule has 5 aromatic rings. The van der Waals surface area contributed by atoms with E-state index in [0.717, 1.165) is 11.3 Å². The second-order valence-corrected chi connectivity index (χ2v) is 7.01. The summed E-state index contributed by atoms with van der Waals surface area (Å²) in [5.74, 6) is 0.738. The molecule has 0 saturated heterocycles. The van der Waals surface area contributed by atoms with E-state index in [1.807, 2.05) is 18.2 Å².